The molecule has 1 aromatic heterocycles. The monoisotopic (exact) mass is 294 g/mol. The van der Waals surface area contributed by atoms with Crippen molar-refractivity contribution in [2.75, 3.05) is 32.7 Å². The fraction of sp³-hybridized carbons (Fsp3) is 0.615. The third-order valence-corrected chi connectivity index (χ3v) is 3.64. The van der Waals surface area contributed by atoms with Crippen LogP contribution in [0.25, 0.3) is 0 Å². The molecule has 1 aliphatic rings. The maximum absolute atomic E-state index is 12.5. The number of amidine groups is 1. The molecule has 0 atom stereocenters. The molecule has 0 radical (unpaired) electrons. The summed E-state index contributed by atoms with van der Waals surface area (Å²) in [6, 6.07) is 0. The zero-order valence-corrected chi connectivity index (χ0v) is 12.5. The first-order valence-electron chi connectivity index (χ1n) is 7.05. The van der Waals surface area contributed by atoms with Gasteiger partial charge in [-0.3, -0.25) is 14.4 Å². The Morgan fingerprint density at radius 3 is 2.67 bits per heavy atom. The highest BCUT2D eigenvalue weighted by Crippen LogP contribution is 2.13. The molecule has 1 amide bonds. The first-order chi connectivity index (χ1) is 10.0. The normalized spacial score (nSPS) is 17.2. The van der Waals surface area contributed by atoms with Crippen LogP contribution >= 0.6 is 0 Å². The van der Waals surface area contributed by atoms with Gasteiger partial charge in [-0.05, 0) is 6.42 Å². The third kappa shape index (κ3) is 3.52. The van der Waals surface area contributed by atoms with E-state index in [1.807, 2.05) is 18.9 Å². The van der Waals surface area contributed by atoms with Gasteiger partial charge in [0, 0.05) is 39.4 Å². The average Bonchev–Trinajstić information content (AvgIpc) is 2.88. The molecule has 1 fully saturated rings. The first-order valence-corrected chi connectivity index (χ1v) is 7.05. The van der Waals surface area contributed by atoms with Gasteiger partial charge in [0.15, 0.2) is 5.84 Å². The minimum absolute atomic E-state index is 0.0309. The number of carbonyl (C=O) groups excluding carboxylic acids is 1. The lowest BCUT2D eigenvalue weighted by Gasteiger charge is -2.34. The van der Waals surface area contributed by atoms with Crippen molar-refractivity contribution in [3.05, 3.63) is 17.5 Å². The van der Waals surface area contributed by atoms with Gasteiger partial charge in [0.2, 0.25) is 0 Å². The van der Waals surface area contributed by atoms with Gasteiger partial charge in [0.05, 0.1) is 17.8 Å². The van der Waals surface area contributed by atoms with E-state index >= 15 is 0 Å². The van der Waals surface area contributed by atoms with E-state index in [2.05, 4.69) is 15.2 Å². The fourth-order valence-electron chi connectivity index (χ4n) is 2.51. The summed E-state index contributed by atoms with van der Waals surface area (Å²) in [5.41, 5.74) is 7.02. The predicted molar refractivity (Wildman–Crippen MR) is 78.3 cm³/mol. The minimum Gasteiger partial charge on any atom is -0.409 e. The van der Waals surface area contributed by atoms with Gasteiger partial charge >= 0.3 is 0 Å². The topological polar surface area (TPSA) is 100.0 Å². The summed E-state index contributed by atoms with van der Waals surface area (Å²) in [7, 11) is 1.82. The number of nitrogens with two attached hydrogens (primary N) is 1. The Balaban J connectivity index is 1.97. The summed E-state index contributed by atoms with van der Waals surface area (Å²) in [6.07, 6.45) is 2.52. The molecule has 116 valence electrons. The lowest BCUT2D eigenvalue weighted by Crippen LogP contribution is -2.50. The molecule has 1 aromatic rings. The second-order valence-electron chi connectivity index (χ2n) is 5.18. The maximum atomic E-state index is 12.5. The summed E-state index contributed by atoms with van der Waals surface area (Å²) in [4.78, 5) is 16.4. The van der Waals surface area contributed by atoms with E-state index in [0.29, 0.717) is 38.3 Å². The van der Waals surface area contributed by atoms with E-state index in [0.717, 1.165) is 12.1 Å². The van der Waals surface area contributed by atoms with Crippen molar-refractivity contribution in [3.63, 3.8) is 0 Å². The molecule has 1 aliphatic heterocycles. The van der Waals surface area contributed by atoms with Crippen molar-refractivity contribution in [2.24, 2.45) is 17.9 Å². The molecule has 8 heteroatoms. The Morgan fingerprint density at radius 2 is 2.10 bits per heavy atom. The molecular weight excluding hydrogens is 272 g/mol. The first kappa shape index (κ1) is 15.3. The highest BCUT2D eigenvalue weighted by Gasteiger charge is 2.25. The van der Waals surface area contributed by atoms with Gasteiger partial charge in [-0.2, -0.15) is 5.10 Å². The van der Waals surface area contributed by atoms with E-state index in [-0.39, 0.29) is 11.7 Å². The summed E-state index contributed by atoms with van der Waals surface area (Å²) in [5, 5.41) is 15.9. The van der Waals surface area contributed by atoms with E-state index in [4.69, 9.17) is 10.9 Å². The standard InChI is InChI=1S/C13H22N6O2/c1-3-11-10(8-17(2)15-11)13(20)19-6-4-18(5-7-19)9-12(14)16-21/h8,21H,3-7,9H2,1-2H3,(H2,14,16). The molecule has 0 bridgehead atoms. The van der Waals surface area contributed by atoms with Crippen molar-refractivity contribution in [3.8, 4) is 0 Å². The van der Waals surface area contributed by atoms with Crippen LogP contribution < -0.4 is 5.73 Å². The molecule has 8 nitrogen and oxygen atoms in total. The Kier molecular flexibility index (Phi) is 4.79. The van der Waals surface area contributed by atoms with Gasteiger partial charge in [-0.15, -0.1) is 0 Å². The number of piperazine rings is 1. The molecular formula is C13H22N6O2. The largest absolute Gasteiger partial charge is 0.409 e. The van der Waals surface area contributed by atoms with Crippen molar-refractivity contribution in [1.82, 2.24) is 19.6 Å². The number of rotatable bonds is 4. The lowest BCUT2D eigenvalue weighted by atomic mass is 10.1. The smallest absolute Gasteiger partial charge is 0.257 e. The zero-order chi connectivity index (χ0) is 15.4. The molecule has 2 rings (SSSR count). The second kappa shape index (κ2) is 6.57. The Morgan fingerprint density at radius 1 is 1.43 bits per heavy atom. The molecule has 0 saturated carbocycles. The number of oxime groups is 1. The van der Waals surface area contributed by atoms with Crippen LogP contribution in [0.4, 0.5) is 0 Å². The summed E-state index contributed by atoms with van der Waals surface area (Å²) >= 11 is 0. The number of nitrogens with zero attached hydrogens (tertiary/aromatic N) is 5. The summed E-state index contributed by atoms with van der Waals surface area (Å²) in [5.74, 6) is 0.221. The van der Waals surface area contributed by atoms with Gasteiger partial charge < -0.3 is 15.8 Å². The van der Waals surface area contributed by atoms with Crippen LogP contribution in [0, 0.1) is 0 Å². The van der Waals surface area contributed by atoms with Gasteiger partial charge in [-0.1, -0.05) is 12.1 Å². The van der Waals surface area contributed by atoms with E-state index < -0.39 is 0 Å². The predicted octanol–water partition coefficient (Wildman–Crippen LogP) is -0.513. The highest BCUT2D eigenvalue weighted by atomic mass is 16.4. The molecule has 0 aromatic carbocycles. The number of carbonyl (C=O) groups is 1. The zero-order valence-electron chi connectivity index (χ0n) is 12.5. The molecule has 0 unspecified atom stereocenters. The van der Waals surface area contributed by atoms with Crippen molar-refractivity contribution in [1.29, 1.82) is 0 Å². The molecule has 0 aliphatic carbocycles. The van der Waals surface area contributed by atoms with Gasteiger partial charge in [-0.25, -0.2) is 0 Å². The Hall–Kier alpha value is -2.09. The SMILES string of the molecule is CCc1nn(C)cc1C(=O)N1CCN(C/C(N)=N/O)CC1. The van der Waals surface area contributed by atoms with Crippen LogP contribution in [0.2, 0.25) is 0 Å². The molecule has 0 spiro atoms. The number of hydrogen-bond donors (Lipinski definition) is 2. The van der Waals surface area contributed by atoms with Crippen LogP contribution in [0.5, 0.6) is 0 Å². The van der Waals surface area contributed by atoms with Crippen molar-refractivity contribution >= 4 is 11.7 Å². The lowest BCUT2D eigenvalue weighted by molar-refractivity contribution is 0.0652. The third-order valence-electron chi connectivity index (χ3n) is 3.64. The number of hydrogen-bond acceptors (Lipinski definition) is 5. The number of aromatic nitrogens is 2. The number of amides is 1. The molecule has 1 saturated heterocycles. The quantitative estimate of drug-likeness (QED) is 0.337. The second-order valence-corrected chi connectivity index (χ2v) is 5.18. The van der Waals surface area contributed by atoms with E-state index in [1.165, 1.54) is 0 Å². The molecule has 21 heavy (non-hydrogen) atoms. The van der Waals surface area contributed by atoms with Crippen LogP contribution in [0.3, 0.4) is 0 Å². The van der Waals surface area contributed by atoms with Gasteiger partial charge in [0.25, 0.3) is 5.91 Å². The van der Waals surface area contributed by atoms with Crippen molar-refractivity contribution in [2.45, 2.75) is 13.3 Å². The van der Waals surface area contributed by atoms with Crippen molar-refractivity contribution < 1.29 is 10.0 Å². The molecule has 2 heterocycles. The summed E-state index contributed by atoms with van der Waals surface area (Å²) < 4.78 is 1.68. The van der Waals surface area contributed by atoms with Gasteiger partial charge in [0.1, 0.15) is 0 Å². The Bertz CT molecular complexity index is 531. The minimum atomic E-state index is 0.0309. The van der Waals surface area contributed by atoms with Crippen LogP contribution in [0.1, 0.15) is 23.0 Å². The highest BCUT2D eigenvalue weighted by molar-refractivity contribution is 5.95. The molecule has 3 N–H and O–H groups in total. The fourth-order valence-corrected chi connectivity index (χ4v) is 2.51. The van der Waals surface area contributed by atoms with Crippen LogP contribution in [-0.2, 0) is 13.5 Å². The van der Waals surface area contributed by atoms with Crippen LogP contribution in [-0.4, -0.2) is 69.3 Å². The average molecular weight is 294 g/mol. The van der Waals surface area contributed by atoms with E-state index in [9.17, 15) is 4.79 Å². The van der Waals surface area contributed by atoms with E-state index in [1.54, 1.807) is 10.9 Å². The Labute approximate surface area is 123 Å². The summed E-state index contributed by atoms with van der Waals surface area (Å²) in [6.45, 7) is 5.11. The van der Waals surface area contributed by atoms with Crippen LogP contribution in [0.15, 0.2) is 11.4 Å². The maximum Gasteiger partial charge on any atom is 0.257 e. The number of aryl methyl sites for hydroxylation is 2.